The lowest BCUT2D eigenvalue weighted by molar-refractivity contribution is -0.130. The molecule has 3 aromatic heterocycles. The van der Waals surface area contributed by atoms with E-state index >= 15 is 0 Å². The van der Waals surface area contributed by atoms with Gasteiger partial charge in [-0.1, -0.05) is 45.7 Å². The molecule has 44 heavy (non-hydrogen) atoms. The van der Waals surface area contributed by atoms with E-state index in [1.54, 1.807) is 4.90 Å². The van der Waals surface area contributed by atoms with E-state index in [-0.39, 0.29) is 11.8 Å². The van der Waals surface area contributed by atoms with Crippen LogP contribution in [0.15, 0.2) is 30.3 Å². The fourth-order valence-electron chi connectivity index (χ4n) is 6.88. The number of carbonyl (C=O) groups is 1. The van der Waals surface area contributed by atoms with E-state index in [0.717, 1.165) is 93.2 Å². The summed E-state index contributed by atoms with van der Waals surface area (Å²) in [6, 6.07) is 11.0. The maximum absolute atomic E-state index is 13.2. The molecule has 2 unspecified atom stereocenters. The molecule has 234 valence electrons. The van der Waals surface area contributed by atoms with Crippen LogP contribution < -0.4 is 0 Å². The Morgan fingerprint density at radius 1 is 0.909 bits per heavy atom. The highest BCUT2D eigenvalue weighted by molar-refractivity contribution is 9.09. The van der Waals surface area contributed by atoms with Crippen molar-refractivity contribution in [2.24, 2.45) is 0 Å². The second-order valence-corrected chi connectivity index (χ2v) is 14.4. The Morgan fingerprint density at radius 2 is 1.61 bits per heavy atom. The van der Waals surface area contributed by atoms with Crippen molar-refractivity contribution in [2.75, 3.05) is 24.8 Å². The summed E-state index contributed by atoms with van der Waals surface area (Å²) in [5.74, 6) is 0.221. The molecule has 2 aliphatic heterocycles. The lowest BCUT2D eigenvalue weighted by atomic mass is 9.71. The summed E-state index contributed by atoms with van der Waals surface area (Å²) < 4.78 is 0. The molecule has 6 nitrogen and oxygen atoms in total. The predicted octanol–water partition coefficient (Wildman–Crippen LogP) is 9.29. The highest BCUT2D eigenvalue weighted by Gasteiger charge is 2.44. The quantitative estimate of drug-likeness (QED) is 0.216. The minimum absolute atomic E-state index is 0.105. The summed E-state index contributed by atoms with van der Waals surface area (Å²) in [4.78, 5) is 32.9. The molecule has 2 N–H and O–H groups in total. The van der Waals surface area contributed by atoms with Crippen LogP contribution >= 0.6 is 31.9 Å². The molecule has 0 fully saturated rings. The van der Waals surface area contributed by atoms with Crippen LogP contribution in [0.1, 0.15) is 98.3 Å². The van der Waals surface area contributed by atoms with Crippen LogP contribution in [0, 0.1) is 13.8 Å². The van der Waals surface area contributed by atoms with Crippen LogP contribution in [0.3, 0.4) is 0 Å². The van der Waals surface area contributed by atoms with Gasteiger partial charge in [0.25, 0.3) is 0 Å². The first-order valence-corrected chi connectivity index (χ1v) is 18.0. The van der Waals surface area contributed by atoms with E-state index < -0.39 is 5.41 Å². The number of allylic oxidation sites excluding steroid dienone is 2. The van der Waals surface area contributed by atoms with Gasteiger partial charge in [-0.25, -0.2) is 4.98 Å². The largest absolute Gasteiger partial charge is 0.355 e. The molecule has 0 spiro atoms. The first-order valence-electron chi connectivity index (χ1n) is 15.7. The van der Waals surface area contributed by atoms with Gasteiger partial charge in [0.2, 0.25) is 5.91 Å². The molecule has 0 saturated heterocycles. The van der Waals surface area contributed by atoms with Gasteiger partial charge in [0.1, 0.15) is 0 Å². The lowest BCUT2D eigenvalue weighted by Gasteiger charge is -2.31. The van der Waals surface area contributed by atoms with Gasteiger partial charge in [0.15, 0.2) is 0 Å². The smallest absolute Gasteiger partial charge is 0.223 e. The van der Waals surface area contributed by atoms with Crippen LogP contribution in [0.25, 0.3) is 33.2 Å². The third-order valence-corrected chi connectivity index (χ3v) is 10.7. The maximum atomic E-state index is 13.2. The highest BCUT2D eigenvalue weighted by atomic mass is 79.9. The van der Waals surface area contributed by atoms with Crippen molar-refractivity contribution in [3.05, 3.63) is 69.8 Å². The SMILES string of the molecule is CCC1c2cc3[nH]c(cc4nc(cc5[nH]c(cc(n2)C1(C)CC(=O)N(C)C)cc5C)C(C)=C4CCCBr)c(CCCBr)c3C. The van der Waals surface area contributed by atoms with Crippen LogP contribution in [0.5, 0.6) is 0 Å². The summed E-state index contributed by atoms with van der Waals surface area (Å²) in [6.07, 6.45) is 5.33. The Hall–Kier alpha value is -2.71. The summed E-state index contributed by atoms with van der Waals surface area (Å²) in [7, 11) is 3.67. The Morgan fingerprint density at radius 3 is 2.30 bits per heavy atom. The first kappa shape index (κ1) is 32.7. The van der Waals surface area contributed by atoms with E-state index in [9.17, 15) is 4.79 Å². The number of aromatic nitrogens is 4. The van der Waals surface area contributed by atoms with Crippen molar-refractivity contribution >= 4 is 71.0 Å². The van der Waals surface area contributed by atoms with Gasteiger partial charge in [-0.15, -0.1) is 0 Å². The molecule has 3 aromatic rings. The van der Waals surface area contributed by atoms with E-state index in [0.29, 0.717) is 6.42 Å². The number of aryl methyl sites for hydroxylation is 3. The van der Waals surface area contributed by atoms with Crippen molar-refractivity contribution in [3.8, 4) is 0 Å². The zero-order valence-corrected chi connectivity index (χ0v) is 30.3. The van der Waals surface area contributed by atoms with Crippen LogP contribution in [-0.4, -0.2) is 55.5 Å². The zero-order chi connectivity index (χ0) is 31.8. The van der Waals surface area contributed by atoms with Gasteiger partial charge in [-0.3, -0.25) is 9.78 Å². The highest BCUT2D eigenvalue weighted by Crippen LogP contribution is 2.47. The standard InChI is InChI=1S/C36H45Br2N5O/c1-8-27-33-18-30-23(4)26(12-10-14-38)32(41-30)19-31-25(11-9-13-37)22(3)29(40-31)17-28-21(2)15-24(39-28)16-34(42-33)36(27,5)20-35(44)43(6)7/h15-19,27,39,41H,8-14,20H2,1-7H3. The number of rotatable bonds is 9. The van der Waals surface area contributed by atoms with Gasteiger partial charge in [0, 0.05) is 76.0 Å². The predicted molar refractivity (Wildman–Crippen MR) is 192 cm³/mol. The second-order valence-electron chi connectivity index (χ2n) is 12.8. The summed E-state index contributed by atoms with van der Waals surface area (Å²) in [5.41, 5.74) is 14.1. The summed E-state index contributed by atoms with van der Waals surface area (Å²) in [6.45, 7) is 11.0. The lowest BCUT2D eigenvalue weighted by Crippen LogP contribution is -2.34. The van der Waals surface area contributed by atoms with Crippen molar-refractivity contribution in [1.82, 2.24) is 24.8 Å². The number of alkyl halides is 2. The van der Waals surface area contributed by atoms with E-state index in [1.807, 2.05) is 14.1 Å². The molecule has 5 heterocycles. The number of nitrogens with one attached hydrogen (secondary N) is 2. The molecule has 8 heteroatoms. The van der Waals surface area contributed by atoms with Gasteiger partial charge >= 0.3 is 0 Å². The van der Waals surface area contributed by atoms with Crippen LogP contribution in [0.4, 0.5) is 0 Å². The van der Waals surface area contributed by atoms with Crippen molar-refractivity contribution < 1.29 is 4.79 Å². The normalized spacial score (nSPS) is 18.2. The minimum atomic E-state index is -0.435. The number of nitrogens with zero attached hydrogens (tertiary/aromatic N) is 3. The fourth-order valence-corrected chi connectivity index (χ4v) is 7.44. The van der Waals surface area contributed by atoms with Gasteiger partial charge < -0.3 is 14.9 Å². The number of halogens is 2. The average molecular weight is 724 g/mol. The zero-order valence-electron chi connectivity index (χ0n) is 27.1. The number of fused-ring (bicyclic) bond motifs is 8. The minimum Gasteiger partial charge on any atom is -0.355 e. The summed E-state index contributed by atoms with van der Waals surface area (Å²) >= 11 is 7.29. The van der Waals surface area contributed by atoms with Crippen molar-refractivity contribution in [3.63, 3.8) is 0 Å². The fraction of sp³-hybridized carbons (Fsp3) is 0.472. The third-order valence-electron chi connectivity index (χ3n) is 9.57. The van der Waals surface area contributed by atoms with Crippen molar-refractivity contribution in [2.45, 2.75) is 84.5 Å². The van der Waals surface area contributed by atoms with Gasteiger partial charge in [0.05, 0.1) is 11.4 Å². The second kappa shape index (κ2) is 13.3. The van der Waals surface area contributed by atoms with E-state index in [2.05, 4.69) is 107 Å². The topological polar surface area (TPSA) is 77.7 Å². The molecular formula is C36H45Br2N5O. The Kier molecular flexibility index (Phi) is 9.90. The first-order chi connectivity index (χ1) is 21.0. The molecule has 5 rings (SSSR count). The molecule has 0 aliphatic carbocycles. The Balaban J connectivity index is 1.89. The van der Waals surface area contributed by atoms with Crippen LogP contribution in [0.2, 0.25) is 0 Å². The third kappa shape index (κ3) is 6.21. The molecule has 2 atom stereocenters. The number of amides is 1. The molecule has 0 radical (unpaired) electrons. The number of H-pyrrole nitrogens is 2. The van der Waals surface area contributed by atoms with Gasteiger partial charge in [-0.2, -0.15) is 0 Å². The molecule has 8 bridgehead atoms. The number of carbonyl (C=O) groups excluding carboxylic acids is 1. The molecular weight excluding hydrogens is 678 g/mol. The number of hydrogen-bond donors (Lipinski definition) is 2. The Bertz CT molecular complexity index is 1770. The monoisotopic (exact) mass is 721 g/mol. The maximum Gasteiger partial charge on any atom is 0.223 e. The molecule has 0 saturated carbocycles. The van der Waals surface area contributed by atoms with E-state index in [1.165, 1.54) is 22.3 Å². The van der Waals surface area contributed by atoms with Crippen molar-refractivity contribution in [1.29, 1.82) is 0 Å². The molecule has 2 aliphatic rings. The molecule has 1 amide bonds. The Labute approximate surface area is 278 Å². The number of aromatic amines is 2. The van der Waals surface area contributed by atoms with Gasteiger partial charge in [-0.05, 0) is 111 Å². The average Bonchev–Trinajstić information content (AvgIpc) is 3.64. The number of hydrogen-bond acceptors (Lipinski definition) is 3. The molecule has 0 aromatic carbocycles. The van der Waals surface area contributed by atoms with E-state index in [4.69, 9.17) is 9.97 Å². The van der Waals surface area contributed by atoms with Crippen LogP contribution in [-0.2, 0) is 16.6 Å². The summed E-state index contributed by atoms with van der Waals surface area (Å²) in [5, 5.41) is 1.91.